The van der Waals surface area contributed by atoms with Crippen LogP contribution in [0.1, 0.15) is 41.5 Å². The molecule has 0 saturated carbocycles. The molecule has 108 valence electrons. The fourth-order valence-corrected chi connectivity index (χ4v) is 3.16. The molecule has 2 aromatic heterocycles. The van der Waals surface area contributed by atoms with Crippen LogP contribution in [0.5, 0.6) is 0 Å². The van der Waals surface area contributed by atoms with Gasteiger partial charge in [0.2, 0.25) is 0 Å². The Hall–Kier alpha value is -1.67. The van der Waals surface area contributed by atoms with Crippen LogP contribution in [0.3, 0.4) is 0 Å². The minimum atomic E-state index is -0.223. The first-order valence-electron chi connectivity index (χ1n) is 6.20. The molecule has 0 bridgehead atoms. The van der Waals surface area contributed by atoms with E-state index in [0.717, 1.165) is 5.01 Å². The first-order valence-corrected chi connectivity index (χ1v) is 7.90. The van der Waals surface area contributed by atoms with Crippen LogP contribution in [0.4, 0.5) is 10.9 Å². The van der Waals surface area contributed by atoms with E-state index in [9.17, 15) is 4.79 Å². The van der Waals surface area contributed by atoms with Gasteiger partial charge in [0.25, 0.3) is 5.91 Å². The van der Waals surface area contributed by atoms with Gasteiger partial charge in [-0.2, -0.15) is 0 Å². The molecule has 0 aliphatic rings. The van der Waals surface area contributed by atoms with E-state index in [-0.39, 0.29) is 23.8 Å². The number of aromatic nitrogens is 2. The average molecular weight is 311 g/mol. The molecule has 0 aliphatic carbocycles. The van der Waals surface area contributed by atoms with E-state index in [2.05, 4.69) is 20.6 Å². The smallest absolute Gasteiger partial charge is 0.265 e. The molecule has 1 atom stereocenters. The first-order chi connectivity index (χ1) is 9.47. The molecule has 0 fully saturated rings. The Morgan fingerprint density at radius 1 is 1.40 bits per heavy atom. The molecule has 4 N–H and O–H groups in total. The maximum Gasteiger partial charge on any atom is 0.265 e. The van der Waals surface area contributed by atoms with Gasteiger partial charge in [0.1, 0.15) is 15.7 Å². The first kappa shape index (κ1) is 14.7. The lowest BCUT2D eigenvalue weighted by atomic mass is 10.3. The highest BCUT2D eigenvalue weighted by Crippen LogP contribution is 2.26. The van der Waals surface area contributed by atoms with Crippen molar-refractivity contribution in [1.82, 2.24) is 15.3 Å². The summed E-state index contributed by atoms with van der Waals surface area (Å²) in [6.07, 6.45) is 1.72. The van der Waals surface area contributed by atoms with Gasteiger partial charge in [-0.3, -0.25) is 4.79 Å². The number of rotatable bonds is 5. The minimum absolute atomic E-state index is 0.148. The van der Waals surface area contributed by atoms with E-state index in [1.54, 1.807) is 6.20 Å². The van der Waals surface area contributed by atoms with Crippen LogP contribution in [0.2, 0.25) is 0 Å². The lowest BCUT2D eigenvalue weighted by Crippen LogP contribution is -2.26. The third-order valence-electron chi connectivity index (χ3n) is 2.44. The largest absolute Gasteiger partial charge is 0.382 e. The van der Waals surface area contributed by atoms with Crippen molar-refractivity contribution >= 4 is 39.5 Å². The molecule has 0 aromatic carbocycles. The second-order valence-electron chi connectivity index (χ2n) is 4.60. The number of nitrogens with two attached hydrogens (primary N) is 1. The summed E-state index contributed by atoms with van der Waals surface area (Å²) in [4.78, 5) is 21.0. The van der Waals surface area contributed by atoms with Crippen molar-refractivity contribution < 1.29 is 4.79 Å². The van der Waals surface area contributed by atoms with E-state index in [4.69, 9.17) is 5.73 Å². The van der Waals surface area contributed by atoms with Crippen molar-refractivity contribution in [3.63, 3.8) is 0 Å². The molecule has 0 aliphatic heterocycles. The lowest BCUT2D eigenvalue weighted by Gasteiger charge is -2.10. The summed E-state index contributed by atoms with van der Waals surface area (Å²) in [5.74, 6) is 0.0292. The highest BCUT2D eigenvalue weighted by atomic mass is 32.1. The standard InChI is InChI=1S/C12H17N5OS2/c1-6(2)15-12-17-9(13)8(20-12)10(18)16-7(3)11-14-4-5-19-11/h4-7H,13H2,1-3H3,(H,15,17)(H,16,18). The number of carbonyl (C=O) groups is 1. The van der Waals surface area contributed by atoms with Crippen molar-refractivity contribution in [2.45, 2.75) is 32.9 Å². The number of nitrogens with zero attached hydrogens (tertiary/aromatic N) is 2. The summed E-state index contributed by atoms with van der Waals surface area (Å²) < 4.78 is 0. The van der Waals surface area contributed by atoms with Gasteiger partial charge in [0.05, 0.1) is 6.04 Å². The van der Waals surface area contributed by atoms with Crippen LogP contribution >= 0.6 is 22.7 Å². The van der Waals surface area contributed by atoms with Gasteiger partial charge in [-0.15, -0.1) is 11.3 Å². The number of thiazole rings is 2. The van der Waals surface area contributed by atoms with Gasteiger partial charge in [-0.1, -0.05) is 11.3 Å². The molecule has 8 heteroatoms. The third kappa shape index (κ3) is 3.45. The van der Waals surface area contributed by atoms with E-state index >= 15 is 0 Å². The summed E-state index contributed by atoms with van der Waals surface area (Å²) >= 11 is 2.76. The van der Waals surface area contributed by atoms with E-state index in [1.165, 1.54) is 22.7 Å². The number of hydrogen-bond acceptors (Lipinski definition) is 7. The highest BCUT2D eigenvalue weighted by Gasteiger charge is 2.19. The molecule has 6 nitrogen and oxygen atoms in total. The number of hydrogen-bond donors (Lipinski definition) is 3. The molecule has 0 saturated heterocycles. The molecule has 1 amide bonds. The molecule has 0 radical (unpaired) electrons. The van der Waals surface area contributed by atoms with E-state index in [0.29, 0.717) is 10.0 Å². The number of anilines is 2. The van der Waals surface area contributed by atoms with Gasteiger partial charge in [-0.05, 0) is 20.8 Å². The van der Waals surface area contributed by atoms with Crippen LogP contribution in [0, 0.1) is 0 Å². The summed E-state index contributed by atoms with van der Waals surface area (Å²) in [6, 6.07) is 0.0937. The summed E-state index contributed by atoms with van der Waals surface area (Å²) in [5, 5.41) is 9.42. The summed E-state index contributed by atoms with van der Waals surface area (Å²) in [6.45, 7) is 5.89. The van der Waals surface area contributed by atoms with Gasteiger partial charge in [-0.25, -0.2) is 9.97 Å². The maximum atomic E-state index is 12.2. The van der Waals surface area contributed by atoms with Gasteiger partial charge in [0.15, 0.2) is 5.13 Å². The Labute approximate surface area is 125 Å². The third-order valence-corrected chi connectivity index (χ3v) is 4.40. The fraction of sp³-hybridized carbons (Fsp3) is 0.417. The Morgan fingerprint density at radius 3 is 2.75 bits per heavy atom. The molecule has 2 aromatic rings. The quantitative estimate of drug-likeness (QED) is 0.789. The maximum absolute atomic E-state index is 12.2. The van der Waals surface area contributed by atoms with Crippen molar-refractivity contribution in [3.8, 4) is 0 Å². The van der Waals surface area contributed by atoms with E-state index in [1.807, 2.05) is 26.2 Å². The molecule has 2 heterocycles. The number of amides is 1. The van der Waals surface area contributed by atoms with E-state index < -0.39 is 0 Å². The van der Waals surface area contributed by atoms with Gasteiger partial charge in [0, 0.05) is 17.6 Å². The Balaban J connectivity index is 2.07. The van der Waals surface area contributed by atoms with Crippen molar-refractivity contribution in [3.05, 3.63) is 21.5 Å². The number of carbonyl (C=O) groups excluding carboxylic acids is 1. The Kier molecular flexibility index (Phi) is 4.56. The lowest BCUT2D eigenvalue weighted by molar-refractivity contribution is 0.0944. The zero-order chi connectivity index (χ0) is 14.7. The van der Waals surface area contributed by atoms with Crippen LogP contribution in [-0.4, -0.2) is 21.9 Å². The number of nitrogen functional groups attached to an aromatic ring is 1. The van der Waals surface area contributed by atoms with Crippen LogP contribution in [0.25, 0.3) is 0 Å². The molecule has 20 heavy (non-hydrogen) atoms. The molecular formula is C12H17N5OS2. The molecular weight excluding hydrogens is 294 g/mol. The Bertz CT molecular complexity index is 579. The Morgan fingerprint density at radius 2 is 2.15 bits per heavy atom. The average Bonchev–Trinajstić information content (AvgIpc) is 2.97. The SMILES string of the molecule is CC(C)Nc1nc(N)c(C(=O)NC(C)c2nccs2)s1. The predicted molar refractivity (Wildman–Crippen MR) is 83.3 cm³/mol. The predicted octanol–water partition coefficient (Wildman–Crippen LogP) is 2.49. The topological polar surface area (TPSA) is 92.9 Å². The van der Waals surface area contributed by atoms with Crippen molar-refractivity contribution in [1.29, 1.82) is 0 Å². The molecule has 1 unspecified atom stereocenters. The molecule has 2 rings (SSSR count). The second kappa shape index (κ2) is 6.19. The normalized spacial score (nSPS) is 12.4. The monoisotopic (exact) mass is 311 g/mol. The zero-order valence-corrected chi connectivity index (χ0v) is 13.1. The summed E-state index contributed by atoms with van der Waals surface area (Å²) in [7, 11) is 0. The molecule has 0 spiro atoms. The van der Waals surface area contributed by atoms with Crippen molar-refractivity contribution in [2.75, 3.05) is 11.1 Å². The fourth-order valence-electron chi connectivity index (χ4n) is 1.58. The second-order valence-corrected chi connectivity index (χ2v) is 6.52. The van der Waals surface area contributed by atoms with Crippen LogP contribution in [0.15, 0.2) is 11.6 Å². The minimum Gasteiger partial charge on any atom is -0.382 e. The van der Waals surface area contributed by atoms with Crippen LogP contribution in [-0.2, 0) is 0 Å². The van der Waals surface area contributed by atoms with Crippen molar-refractivity contribution in [2.24, 2.45) is 0 Å². The highest BCUT2D eigenvalue weighted by molar-refractivity contribution is 7.18. The van der Waals surface area contributed by atoms with Crippen LogP contribution < -0.4 is 16.4 Å². The number of nitrogens with one attached hydrogen (secondary N) is 2. The summed E-state index contributed by atoms with van der Waals surface area (Å²) in [5.41, 5.74) is 5.80. The van der Waals surface area contributed by atoms with Gasteiger partial charge >= 0.3 is 0 Å². The zero-order valence-electron chi connectivity index (χ0n) is 11.5. The van der Waals surface area contributed by atoms with Gasteiger partial charge < -0.3 is 16.4 Å².